The zero-order chi connectivity index (χ0) is 35.7. The molecule has 1 N–H and O–H groups in total. The summed E-state index contributed by atoms with van der Waals surface area (Å²) in [4.78, 5) is 14.9. The Morgan fingerprint density at radius 1 is 0.510 bits per heavy atom. The SMILES string of the molecule is CC(C)CCCCCCCCCCCCCCCOC1(OCCCCCCCCCCCCCCCC(C)C)COP(=O)(O)OOOOO1. The third kappa shape index (κ3) is 31.1. The number of rotatable bonds is 34. The van der Waals surface area contributed by atoms with Crippen LogP contribution in [0.2, 0.25) is 0 Å². The Hall–Kier alpha value is -0.130. The zero-order valence-corrected chi connectivity index (χ0v) is 33.0. The molecule has 0 aromatic carbocycles. The van der Waals surface area contributed by atoms with Gasteiger partial charge < -0.3 is 14.4 Å². The summed E-state index contributed by atoms with van der Waals surface area (Å²) in [6.07, 6.45) is 35.2. The lowest BCUT2D eigenvalue weighted by atomic mass is 10.0. The summed E-state index contributed by atoms with van der Waals surface area (Å²) in [6.45, 7) is 9.25. The molecule has 0 aromatic rings. The molecule has 1 fully saturated rings. The van der Waals surface area contributed by atoms with Gasteiger partial charge in [-0.05, 0) is 39.8 Å². The van der Waals surface area contributed by atoms with E-state index in [1.807, 2.05) is 0 Å². The first-order chi connectivity index (χ1) is 23.7. The Morgan fingerprint density at radius 2 is 0.837 bits per heavy atom. The van der Waals surface area contributed by atoms with Gasteiger partial charge in [0.25, 0.3) is 0 Å². The number of phosphoric acid groups is 1. The Labute approximate surface area is 300 Å². The van der Waals surface area contributed by atoms with Crippen molar-refractivity contribution in [3.63, 3.8) is 0 Å². The number of ether oxygens (including phenoxy) is 2. The normalized spacial score (nSPS) is 18.6. The summed E-state index contributed by atoms with van der Waals surface area (Å²) in [5.74, 6) is -0.224. The molecule has 294 valence electrons. The van der Waals surface area contributed by atoms with Gasteiger partial charge in [0, 0.05) is 0 Å². The molecule has 0 bridgehead atoms. The van der Waals surface area contributed by atoms with Crippen LogP contribution in [0.25, 0.3) is 0 Å². The minimum atomic E-state index is -4.59. The van der Waals surface area contributed by atoms with Gasteiger partial charge in [-0.3, -0.25) is 4.52 Å². The first kappa shape index (κ1) is 46.9. The van der Waals surface area contributed by atoms with Gasteiger partial charge in [0.15, 0.2) is 0 Å². The van der Waals surface area contributed by atoms with Gasteiger partial charge in [-0.1, -0.05) is 199 Å². The maximum absolute atomic E-state index is 12.0. The highest BCUT2D eigenvalue weighted by atomic mass is 31.2. The van der Waals surface area contributed by atoms with Crippen molar-refractivity contribution in [3.05, 3.63) is 0 Å². The fraction of sp³-hybridized carbons (Fsp3) is 1.00. The van der Waals surface area contributed by atoms with Crippen molar-refractivity contribution in [2.45, 2.75) is 213 Å². The van der Waals surface area contributed by atoms with Gasteiger partial charge in [0.2, 0.25) is 0 Å². The van der Waals surface area contributed by atoms with Crippen LogP contribution in [0.5, 0.6) is 0 Å². The molecule has 0 saturated carbocycles. The average Bonchev–Trinajstić information content (AvgIpc) is 3.13. The van der Waals surface area contributed by atoms with Crippen molar-refractivity contribution >= 4 is 7.82 Å². The van der Waals surface area contributed by atoms with Gasteiger partial charge in [0.1, 0.15) is 6.61 Å². The van der Waals surface area contributed by atoms with Crippen molar-refractivity contribution in [1.82, 2.24) is 0 Å². The third-order valence-electron chi connectivity index (χ3n) is 9.24. The summed E-state index contributed by atoms with van der Waals surface area (Å²) in [7, 11) is -4.59. The maximum atomic E-state index is 12.0. The molecule has 1 aliphatic rings. The largest absolute Gasteiger partial charge is 0.502 e. The molecule has 0 aromatic heterocycles. The van der Waals surface area contributed by atoms with E-state index in [1.165, 1.54) is 141 Å². The molecule has 0 amide bonds. The lowest BCUT2D eigenvalue weighted by molar-refractivity contribution is -0.725. The third-order valence-corrected chi connectivity index (χ3v) is 9.95. The monoisotopic (exact) mass is 725 g/mol. The van der Waals surface area contributed by atoms with E-state index in [-0.39, 0.29) is 0 Å². The quantitative estimate of drug-likeness (QED) is 0.0298. The molecule has 10 nitrogen and oxygen atoms in total. The second kappa shape index (κ2) is 32.5. The molecule has 1 aliphatic heterocycles. The van der Waals surface area contributed by atoms with E-state index in [0.29, 0.717) is 13.2 Å². The molecular weight excluding hydrogens is 647 g/mol. The van der Waals surface area contributed by atoms with Crippen LogP contribution in [-0.2, 0) is 43.2 Å². The Morgan fingerprint density at radius 3 is 1.18 bits per heavy atom. The van der Waals surface area contributed by atoms with E-state index < -0.39 is 20.4 Å². The summed E-state index contributed by atoms with van der Waals surface area (Å²) in [5.41, 5.74) is 0. The van der Waals surface area contributed by atoms with E-state index in [0.717, 1.165) is 50.4 Å². The molecule has 49 heavy (non-hydrogen) atoms. The Balaban J connectivity index is 2.15. The first-order valence-corrected chi connectivity index (χ1v) is 21.9. The standard InChI is InChI=1S/C38H77O10P/c1-36(2)31-27-23-19-15-11-7-5-9-13-17-21-25-29-33-41-38(35-43-49(39,40)48-47-46-45-44-38)42-34-30-26-22-18-14-10-6-8-12-16-20-24-28-32-37(3)4/h36-37H,5-35H2,1-4H3,(H,39,40). The molecule has 0 aliphatic carbocycles. The van der Waals surface area contributed by atoms with Crippen LogP contribution >= 0.6 is 7.82 Å². The van der Waals surface area contributed by atoms with E-state index in [2.05, 4.69) is 47.5 Å². The van der Waals surface area contributed by atoms with Crippen molar-refractivity contribution < 1.29 is 48.1 Å². The van der Waals surface area contributed by atoms with Gasteiger partial charge in [-0.2, -0.15) is 0 Å². The molecule has 1 unspecified atom stereocenters. The van der Waals surface area contributed by atoms with Crippen molar-refractivity contribution in [2.75, 3.05) is 19.8 Å². The minimum absolute atomic E-state index is 0.291. The number of unbranched alkanes of at least 4 members (excludes halogenated alkanes) is 24. The fourth-order valence-electron chi connectivity index (χ4n) is 6.16. The molecule has 0 spiro atoms. The number of hydrogen-bond donors (Lipinski definition) is 1. The molecule has 1 saturated heterocycles. The van der Waals surface area contributed by atoms with E-state index in [9.17, 15) is 9.46 Å². The smallest absolute Gasteiger partial charge is 0.324 e. The molecule has 1 heterocycles. The van der Waals surface area contributed by atoms with Gasteiger partial charge in [-0.25, -0.2) is 4.57 Å². The predicted octanol–water partition coefficient (Wildman–Crippen LogP) is 12.8. The minimum Gasteiger partial charge on any atom is -0.324 e. The Kier molecular flexibility index (Phi) is 31.1. The summed E-state index contributed by atoms with van der Waals surface area (Å²) in [5, 5.41) is 12.8. The van der Waals surface area contributed by atoms with Crippen molar-refractivity contribution in [1.29, 1.82) is 0 Å². The summed E-state index contributed by atoms with van der Waals surface area (Å²) in [6, 6.07) is 0. The van der Waals surface area contributed by atoms with Crippen LogP contribution in [0.15, 0.2) is 0 Å². The van der Waals surface area contributed by atoms with E-state index in [1.54, 1.807) is 0 Å². The highest BCUT2D eigenvalue weighted by Gasteiger charge is 2.42. The van der Waals surface area contributed by atoms with Crippen LogP contribution < -0.4 is 0 Å². The van der Waals surface area contributed by atoms with Crippen molar-refractivity contribution in [3.8, 4) is 0 Å². The van der Waals surface area contributed by atoms with Crippen LogP contribution in [-0.4, -0.2) is 30.7 Å². The predicted molar refractivity (Wildman–Crippen MR) is 195 cm³/mol. The second-order valence-electron chi connectivity index (χ2n) is 15.0. The fourth-order valence-corrected chi connectivity index (χ4v) is 6.63. The molecule has 11 heteroatoms. The van der Waals surface area contributed by atoms with Gasteiger partial charge in [0.05, 0.1) is 13.2 Å². The average molecular weight is 725 g/mol. The first-order valence-electron chi connectivity index (χ1n) is 20.4. The highest BCUT2D eigenvalue weighted by Crippen LogP contribution is 2.45. The van der Waals surface area contributed by atoms with Crippen LogP contribution in [0, 0.1) is 11.8 Å². The van der Waals surface area contributed by atoms with E-state index >= 15 is 0 Å². The van der Waals surface area contributed by atoms with Crippen LogP contribution in [0.4, 0.5) is 0 Å². The lowest BCUT2D eigenvalue weighted by Crippen LogP contribution is -2.44. The van der Waals surface area contributed by atoms with Gasteiger partial charge in [-0.15, -0.1) is 4.89 Å². The topological polar surface area (TPSA) is 111 Å². The number of phosphoric ester groups is 1. The Bertz CT molecular complexity index is 714. The van der Waals surface area contributed by atoms with Gasteiger partial charge >= 0.3 is 13.8 Å². The van der Waals surface area contributed by atoms with Crippen LogP contribution in [0.3, 0.4) is 0 Å². The maximum Gasteiger partial charge on any atom is 0.502 e. The van der Waals surface area contributed by atoms with Crippen LogP contribution in [0.1, 0.15) is 207 Å². The number of hydrogen-bond acceptors (Lipinski definition) is 9. The second-order valence-corrected chi connectivity index (χ2v) is 16.4. The molecular formula is C38H77O10P. The van der Waals surface area contributed by atoms with Crippen molar-refractivity contribution in [2.24, 2.45) is 11.8 Å². The zero-order valence-electron chi connectivity index (χ0n) is 32.1. The highest BCUT2D eigenvalue weighted by molar-refractivity contribution is 7.47. The molecule has 0 radical (unpaired) electrons. The summed E-state index contributed by atoms with van der Waals surface area (Å²) < 4.78 is 32.9. The molecule has 1 atom stereocenters. The van der Waals surface area contributed by atoms with E-state index in [4.69, 9.17) is 18.9 Å². The lowest BCUT2D eigenvalue weighted by Gasteiger charge is -2.29. The molecule has 1 rings (SSSR count). The summed E-state index contributed by atoms with van der Waals surface area (Å²) >= 11 is 0.